The SMILES string of the molecule is CN(C(=O)C(c1ccccc1)c1ccccc1)C([I-]N1CC[C@H](O)C1)c1ccccc1. The molecule has 1 amide bonds. The van der Waals surface area contributed by atoms with Gasteiger partial charge in [0.15, 0.2) is 0 Å². The molecule has 1 fully saturated rings. The molecule has 4 rings (SSSR count). The van der Waals surface area contributed by atoms with E-state index in [0.29, 0.717) is 6.54 Å². The van der Waals surface area contributed by atoms with Crippen LogP contribution >= 0.6 is 0 Å². The molecule has 1 heterocycles. The molecular weight excluding hydrogens is 499 g/mol. The number of hydrogen-bond donors (Lipinski definition) is 1. The van der Waals surface area contributed by atoms with Crippen LogP contribution in [0.2, 0.25) is 0 Å². The molecule has 0 aliphatic carbocycles. The van der Waals surface area contributed by atoms with Crippen molar-refractivity contribution in [2.75, 3.05) is 20.1 Å². The fraction of sp³-hybridized carbons (Fsp3) is 0.269. The standard InChI is InChI=1S/C26H28IN2O2/c1-28(25(22-15-9-4-10-16-22)27-29-18-17-23(30)19-29)26(31)24(20-11-5-2-6-12-20)21-13-7-3-8-14-21/h2-16,23-25,30H,17-19H2,1H3/q-1/t23-,25?/m0/s1. The number of likely N-dealkylation sites (N-methyl/N-ethyl adjacent to an activating group) is 1. The Labute approximate surface area is 195 Å². The summed E-state index contributed by atoms with van der Waals surface area (Å²) < 4.78 is 2.39. The van der Waals surface area contributed by atoms with E-state index in [1.54, 1.807) is 0 Å². The minimum absolute atomic E-state index is 0.0210. The van der Waals surface area contributed by atoms with Gasteiger partial charge in [0.1, 0.15) is 0 Å². The summed E-state index contributed by atoms with van der Waals surface area (Å²) in [4.78, 5) is 15.9. The molecule has 0 saturated carbocycles. The Morgan fingerprint density at radius 3 is 1.84 bits per heavy atom. The number of benzene rings is 3. The summed E-state index contributed by atoms with van der Waals surface area (Å²) in [6.07, 6.45) is 0.564. The third-order valence-corrected chi connectivity index (χ3v) is 9.37. The number of β-amino-alcohol motifs (C(OH)–C–C–N with tert-alkyl or cyclic N) is 1. The zero-order chi connectivity index (χ0) is 21.6. The van der Waals surface area contributed by atoms with E-state index < -0.39 is 21.5 Å². The van der Waals surface area contributed by atoms with E-state index in [0.717, 1.165) is 29.7 Å². The van der Waals surface area contributed by atoms with Crippen molar-refractivity contribution >= 4 is 5.91 Å². The molecule has 0 radical (unpaired) electrons. The van der Waals surface area contributed by atoms with Gasteiger partial charge in [-0.1, -0.05) is 0 Å². The zero-order valence-electron chi connectivity index (χ0n) is 17.6. The van der Waals surface area contributed by atoms with Crippen molar-refractivity contribution < 1.29 is 31.4 Å². The van der Waals surface area contributed by atoms with Gasteiger partial charge in [-0.15, -0.1) is 0 Å². The van der Waals surface area contributed by atoms with Gasteiger partial charge in [-0.3, -0.25) is 0 Å². The van der Waals surface area contributed by atoms with Crippen LogP contribution in [-0.2, 0) is 4.79 Å². The molecule has 4 nitrogen and oxygen atoms in total. The number of alkyl halides is 1. The Hall–Kier alpha value is -2.22. The van der Waals surface area contributed by atoms with E-state index in [1.165, 1.54) is 0 Å². The molecule has 2 atom stereocenters. The average molecular weight is 527 g/mol. The minimum atomic E-state index is -0.512. The first kappa shape index (κ1) is 22.0. The van der Waals surface area contributed by atoms with Crippen molar-refractivity contribution in [3.8, 4) is 0 Å². The second-order valence-corrected chi connectivity index (χ2v) is 11.0. The number of aliphatic hydroxyl groups excluding tert-OH is 1. The first-order valence-electron chi connectivity index (χ1n) is 10.6. The van der Waals surface area contributed by atoms with Crippen molar-refractivity contribution in [1.29, 1.82) is 0 Å². The van der Waals surface area contributed by atoms with Gasteiger partial charge in [0, 0.05) is 0 Å². The van der Waals surface area contributed by atoms with E-state index >= 15 is 0 Å². The van der Waals surface area contributed by atoms with E-state index in [9.17, 15) is 9.90 Å². The van der Waals surface area contributed by atoms with Gasteiger partial charge in [-0.05, 0) is 0 Å². The number of halogens is 1. The van der Waals surface area contributed by atoms with Crippen LogP contribution in [-0.4, -0.2) is 45.3 Å². The summed E-state index contributed by atoms with van der Waals surface area (Å²) in [5.74, 6) is -0.238. The van der Waals surface area contributed by atoms with Crippen molar-refractivity contribution in [2.45, 2.75) is 22.5 Å². The molecule has 162 valence electrons. The topological polar surface area (TPSA) is 43.8 Å². The molecule has 31 heavy (non-hydrogen) atoms. The van der Waals surface area contributed by atoms with E-state index in [4.69, 9.17) is 0 Å². The van der Waals surface area contributed by atoms with Crippen LogP contribution in [0.4, 0.5) is 0 Å². The Kier molecular flexibility index (Phi) is 7.37. The van der Waals surface area contributed by atoms with Crippen LogP contribution in [0.3, 0.4) is 0 Å². The molecule has 0 spiro atoms. The Balaban J connectivity index is 1.66. The first-order chi connectivity index (χ1) is 15.1. The Bertz CT molecular complexity index is 929. The third kappa shape index (κ3) is 5.34. The molecular formula is C26H28IN2O2-. The van der Waals surface area contributed by atoms with Crippen molar-refractivity contribution in [1.82, 2.24) is 8.01 Å². The number of nitrogens with zero attached hydrogens (tertiary/aromatic N) is 2. The number of carbonyl (C=O) groups is 1. The normalized spacial score (nSPS) is 17.7. The van der Waals surface area contributed by atoms with Gasteiger partial charge in [-0.25, -0.2) is 0 Å². The molecule has 1 saturated heterocycles. The second-order valence-electron chi connectivity index (χ2n) is 7.86. The molecule has 3 aromatic carbocycles. The average Bonchev–Trinajstić information content (AvgIpc) is 3.24. The van der Waals surface area contributed by atoms with E-state index in [1.807, 2.05) is 90.8 Å². The number of rotatable bonds is 7. The summed E-state index contributed by atoms with van der Waals surface area (Å²) >= 11 is -0.512. The van der Waals surface area contributed by atoms with Crippen LogP contribution in [0.25, 0.3) is 0 Å². The molecule has 1 N–H and O–H groups in total. The quantitative estimate of drug-likeness (QED) is 0.216. The summed E-state index contributed by atoms with van der Waals surface area (Å²) in [5.41, 5.74) is 3.17. The van der Waals surface area contributed by atoms with Gasteiger partial charge >= 0.3 is 196 Å². The summed E-state index contributed by atoms with van der Waals surface area (Å²) in [6.45, 7) is 1.61. The van der Waals surface area contributed by atoms with Gasteiger partial charge in [0.05, 0.1) is 0 Å². The third-order valence-electron chi connectivity index (χ3n) is 5.62. The van der Waals surface area contributed by atoms with Crippen LogP contribution in [0, 0.1) is 0 Å². The second kappa shape index (κ2) is 10.4. The monoisotopic (exact) mass is 527 g/mol. The number of carbonyl (C=O) groups excluding carboxylic acids is 1. The van der Waals surface area contributed by atoms with Gasteiger partial charge in [0.2, 0.25) is 0 Å². The molecule has 3 aromatic rings. The number of hydrogen-bond acceptors (Lipinski definition) is 3. The predicted molar refractivity (Wildman–Crippen MR) is 119 cm³/mol. The maximum atomic E-state index is 14.0. The number of aliphatic hydroxyl groups is 1. The molecule has 1 aliphatic heterocycles. The Morgan fingerprint density at radius 2 is 1.39 bits per heavy atom. The van der Waals surface area contributed by atoms with Crippen molar-refractivity contribution in [3.05, 3.63) is 108 Å². The van der Waals surface area contributed by atoms with Gasteiger partial charge < -0.3 is 0 Å². The number of amides is 1. The zero-order valence-corrected chi connectivity index (χ0v) is 19.8. The van der Waals surface area contributed by atoms with Gasteiger partial charge in [0.25, 0.3) is 0 Å². The maximum absolute atomic E-state index is 14.0. The van der Waals surface area contributed by atoms with Crippen molar-refractivity contribution in [2.24, 2.45) is 0 Å². The molecule has 1 aliphatic rings. The van der Waals surface area contributed by atoms with E-state index in [2.05, 4.69) is 15.2 Å². The van der Waals surface area contributed by atoms with Gasteiger partial charge in [-0.2, -0.15) is 0 Å². The molecule has 1 unspecified atom stereocenters. The fourth-order valence-electron chi connectivity index (χ4n) is 3.96. The molecule has 0 aromatic heterocycles. The van der Waals surface area contributed by atoms with Crippen LogP contribution < -0.4 is 21.5 Å². The molecule has 0 bridgehead atoms. The Morgan fingerprint density at radius 1 is 0.903 bits per heavy atom. The van der Waals surface area contributed by atoms with Crippen LogP contribution in [0.5, 0.6) is 0 Å². The summed E-state index contributed by atoms with van der Waals surface area (Å²) in [7, 11) is 1.94. The summed E-state index contributed by atoms with van der Waals surface area (Å²) in [5, 5.41) is 10.0. The van der Waals surface area contributed by atoms with Crippen molar-refractivity contribution in [3.63, 3.8) is 0 Å². The first-order valence-corrected chi connectivity index (χ1v) is 12.8. The van der Waals surface area contributed by atoms with Crippen LogP contribution in [0.1, 0.15) is 33.1 Å². The van der Waals surface area contributed by atoms with Crippen LogP contribution in [0.15, 0.2) is 91.0 Å². The summed E-state index contributed by atoms with van der Waals surface area (Å²) in [6, 6.07) is 30.4. The molecule has 5 heteroatoms. The fourth-order valence-corrected chi connectivity index (χ4v) is 7.33. The predicted octanol–water partition coefficient (Wildman–Crippen LogP) is 1.05. The van der Waals surface area contributed by atoms with E-state index in [-0.39, 0.29) is 22.0 Å².